The highest BCUT2D eigenvalue weighted by atomic mass is 35.5. The van der Waals surface area contributed by atoms with Crippen LogP contribution in [0.1, 0.15) is 16.7 Å². The molecule has 3 rings (SSSR count). The van der Waals surface area contributed by atoms with Gasteiger partial charge in [0.15, 0.2) is 0 Å². The molecule has 0 heterocycles. The second-order valence-electron chi connectivity index (χ2n) is 6.56. The summed E-state index contributed by atoms with van der Waals surface area (Å²) in [6.07, 6.45) is 1.37. The zero-order chi connectivity index (χ0) is 21.5. The normalized spacial score (nSPS) is 10.9. The lowest BCUT2D eigenvalue weighted by atomic mass is 10.1. The van der Waals surface area contributed by atoms with E-state index < -0.39 is 11.7 Å². The van der Waals surface area contributed by atoms with Crippen LogP contribution in [0.15, 0.2) is 72.3 Å². The lowest BCUT2D eigenvalue weighted by Gasteiger charge is -2.11. The third-order valence-corrected chi connectivity index (χ3v) is 4.51. The number of carbonyl (C=O) groups excluding carboxylic acids is 1. The summed E-state index contributed by atoms with van der Waals surface area (Å²) in [5.74, 6) is -0.855. The average Bonchev–Trinajstić information content (AvgIpc) is 2.74. The van der Waals surface area contributed by atoms with Gasteiger partial charge in [-0.15, -0.1) is 0 Å². The van der Waals surface area contributed by atoms with Crippen LogP contribution < -0.4 is 10.1 Å². The number of benzene rings is 3. The van der Waals surface area contributed by atoms with Gasteiger partial charge in [-0.1, -0.05) is 53.6 Å². The van der Waals surface area contributed by atoms with Gasteiger partial charge in [0.25, 0.3) is 5.91 Å². The summed E-state index contributed by atoms with van der Waals surface area (Å²) in [6, 6.07) is 20.4. The fourth-order valence-corrected chi connectivity index (χ4v) is 2.85. The molecule has 30 heavy (non-hydrogen) atoms. The molecule has 4 nitrogen and oxygen atoms in total. The van der Waals surface area contributed by atoms with E-state index in [0.29, 0.717) is 22.9 Å². The maximum absolute atomic E-state index is 13.8. The molecule has 0 radical (unpaired) electrons. The SMILES string of the molecule is Cc1ccc(COc2ccc(Cl)cc2/C=C(\C#N)C(=O)Nc2ccccc2F)cc1. The molecule has 0 saturated heterocycles. The summed E-state index contributed by atoms with van der Waals surface area (Å²) < 4.78 is 19.7. The zero-order valence-electron chi connectivity index (χ0n) is 16.2. The van der Waals surface area contributed by atoms with Crippen molar-refractivity contribution in [3.8, 4) is 11.8 Å². The molecule has 0 fully saturated rings. The largest absolute Gasteiger partial charge is 0.488 e. The number of halogens is 2. The molecule has 0 spiro atoms. The number of para-hydroxylation sites is 1. The Hall–Kier alpha value is -3.62. The van der Waals surface area contributed by atoms with Crippen molar-refractivity contribution in [1.29, 1.82) is 5.26 Å². The molecule has 6 heteroatoms. The molecule has 0 aliphatic carbocycles. The summed E-state index contributed by atoms with van der Waals surface area (Å²) in [5.41, 5.74) is 2.37. The van der Waals surface area contributed by atoms with E-state index in [-0.39, 0.29) is 11.3 Å². The van der Waals surface area contributed by atoms with Crippen LogP contribution in [0, 0.1) is 24.1 Å². The van der Waals surface area contributed by atoms with Gasteiger partial charge in [0.1, 0.15) is 29.8 Å². The number of amides is 1. The number of hydrogen-bond donors (Lipinski definition) is 1. The first kappa shape index (κ1) is 21.1. The van der Waals surface area contributed by atoms with E-state index in [1.54, 1.807) is 24.3 Å². The van der Waals surface area contributed by atoms with Gasteiger partial charge in [-0.25, -0.2) is 4.39 Å². The molecule has 0 unspecified atom stereocenters. The van der Waals surface area contributed by atoms with Crippen molar-refractivity contribution in [3.05, 3.63) is 99.8 Å². The molecular formula is C24H18ClFN2O2. The van der Waals surface area contributed by atoms with Crippen molar-refractivity contribution in [2.75, 3.05) is 5.32 Å². The Balaban J connectivity index is 1.83. The van der Waals surface area contributed by atoms with E-state index in [2.05, 4.69) is 5.32 Å². The molecule has 150 valence electrons. The smallest absolute Gasteiger partial charge is 0.266 e. The van der Waals surface area contributed by atoms with Crippen LogP contribution in [0.2, 0.25) is 5.02 Å². The van der Waals surface area contributed by atoms with Gasteiger partial charge in [0, 0.05) is 10.6 Å². The molecular weight excluding hydrogens is 403 g/mol. The van der Waals surface area contributed by atoms with Crippen LogP contribution >= 0.6 is 11.6 Å². The Morgan fingerprint density at radius 2 is 1.90 bits per heavy atom. The highest BCUT2D eigenvalue weighted by Gasteiger charge is 2.13. The highest BCUT2D eigenvalue weighted by molar-refractivity contribution is 6.30. The Morgan fingerprint density at radius 1 is 1.17 bits per heavy atom. The first-order valence-electron chi connectivity index (χ1n) is 9.12. The minimum atomic E-state index is -0.730. The van der Waals surface area contributed by atoms with E-state index in [1.807, 2.05) is 37.3 Å². The monoisotopic (exact) mass is 420 g/mol. The first-order valence-corrected chi connectivity index (χ1v) is 9.49. The maximum Gasteiger partial charge on any atom is 0.266 e. The van der Waals surface area contributed by atoms with Crippen LogP contribution in [0.5, 0.6) is 5.75 Å². The fourth-order valence-electron chi connectivity index (χ4n) is 2.67. The summed E-state index contributed by atoms with van der Waals surface area (Å²) in [6.45, 7) is 2.31. The number of aryl methyl sites for hydroxylation is 1. The van der Waals surface area contributed by atoms with Gasteiger partial charge in [-0.2, -0.15) is 5.26 Å². The standard InChI is InChI=1S/C24H18ClFN2O2/c1-16-6-8-17(9-7-16)15-30-23-11-10-20(25)13-18(23)12-19(14-27)24(29)28-22-5-3-2-4-21(22)26/h2-13H,15H2,1H3,(H,28,29)/b19-12+. The first-order chi connectivity index (χ1) is 14.5. The number of rotatable bonds is 6. The third-order valence-electron chi connectivity index (χ3n) is 4.27. The summed E-state index contributed by atoms with van der Waals surface area (Å²) >= 11 is 6.09. The number of anilines is 1. The molecule has 0 atom stereocenters. The Morgan fingerprint density at radius 3 is 2.60 bits per heavy atom. The van der Waals surface area contributed by atoms with Crippen LogP contribution in [0.25, 0.3) is 6.08 Å². The van der Waals surface area contributed by atoms with Crippen molar-refractivity contribution in [2.24, 2.45) is 0 Å². The quantitative estimate of drug-likeness (QED) is 0.398. The van der Waals surface area contributed by atoms with Gasteiger partial charge in [0.05, 0.1) is 5.69 Å². The Bertz CT molecular complexity index is 1130. The maximum atomic E-state index is 13.8. The van der Waals surface area contributed by atoms with Crippen molar-refractivity contribution >= 4 is 29.3 Å². The van der Waals surface area contributed by atoms with Crippen molar-refractivity contribution in [1.82, 2.24) is 0 Å². The van der Waals surface area contributed by atoms with Crippen molar-refractivity contribution < 1.29 is 13.9 Å². The number of nitrogens with one attached hydrogen (secondary N) is 1. The number of hydrogen-bond acceptors (Lipinski definition) is 3. The van der Waals surface area contributed by atoms with E-state index in [9.17, 15) is 14.4 Å². The number of carbonyl (C=O) groups is 1. The second kappa shape index (κ2) is 9.73. The topological polar surface area (TPSA) is 62.1 Å². The predicted molar refractivity (Wildman–Crippen MR) is 116 cm³/mol. The van der Waals surface area contributed by atoms with E-state index >= 15 is 0 Å². The van der Waals surface area contributed by atoms with Crippen LogP contribution in [0.3, 0.4) is 0 Å². The number of nitrogens with zero attached hydrogens (tertiary/aromatic N) is 1. The van der Waals surface area contributed by atoms with Crippen LogP contribution in [-0.4, -0.2) is 5.91 Å². The van der Waals surface area contributed by atoms with Gasteiger partial charge in [0.2, 0.25) is 0 Å². The van der Waals surface area contributed by atoms with Crippen molar-refractivity contribution in [2.45, 2.75) is 13.5 Å². The molecule has 0 bridgehead atoms. The molecule has 1 amide bonds. The Labute approximate surface area is 179 Å². The van der Waals surface area contributed by atoms with E-state index in [1.165, 1.54) is 24.3 Å². The number of ether oxygens (including phenoxy) is 1. The minimum Gasteiger partial charge on any atom is -0.488 e. The van der Waals surface area contributed by atoms with E-state index in [4.69, 9.17) is 16.3 Å². The third kappa shape index (κ3) is 5.47. The fraction of sp³-hybridized carbons (Fsp3) is 0.0833. The molecule has 0 saturated carbocycles. The van der Waals surface area contributed by atoms with Crippen molar-refractivity contribution in [3.63, 3.8) is 0 Å². The summed E-state index contributed by atoms with van der Waals surface area (Å²) in [4.78, 5) is 12.5. The molecule has 0 aromatic heterocycles. The van der Waals surface area contributed by atoms with Gasteiger partial charge in [-0.05, 0) is 48.9 Å². The van der Waals surface area contributed by atoms with E-state index in [0.717, 1.165) is 11.1 Å². The second-order valence-corrected chi connectivity index (χ2v) is 7.00. The molecule has 0 aliphatic rings. The van der Waals surface area contributed by atoms with Gasteiger partial charge in [-0.3, -0.25) is 4.79 Å². The number of nitriles is 1. The molecule has 3 aromatic carbocycles. The highest BCUT2D eigenvalue weighted by Crippen LogP contribution is 2.26. The summed E-state index contributed by atoms with van der Waals surface area (Å²) in [5, 5.41) is 12.3. The predicted octanol–water partition coefficient (Wildman–Crippen LogP) is 5.91. The molecule has 0 aliphatic heterocycles. The Kier molecular flexibility index (Phi) is 6.84. The molecule has 1 N–H and O–H groups in total. The van der Waals surface area contributed by atoms with Gasteiger partial charge < -0.3 is 10.1 Å². The average molecular weight is 421 g/mol. The van der Waals surface area contributed by atoms with Crippen LogP contribution in [0.4, 0.5) is 10.1 Å². The summed E-state index contributed by atoms with van der Waals surface area (Å²) in [7, 11) is 0. The van der Waals surface area contributed by atoms with Gasteiger partial charge >= 0.3 is 0 Å². The minimum absolute atomic E-state index is 0.00871. The zero-order valence-corrected chi connectivity index (χ0v) is 16.9. The van der Waals surface area contributed by atoms with Crippen LogP contribution in [-0.2, 0) is 11.4 Å². The lowest BCUT2D eigenvalue weighted by molar-refractivity contribution is -0.112. The molecule has 3 aromatic rings. The lowest BCUT2D eigenvalue weighted by Crippen LogP contribution is -2.14.